The van der Waals surface area contributed by atoms with E-state index in [9.17, 15) is 0 Å². The molecule has 0 amide bonds. The van der Waals surface area contributed by atoms with E-state index in [4.69, 9.17) is 5.26 Å². The third-order valence-electron chi connectivity index (χ3n) is 4.62. The maximum atomic E-state index is 8.91. The summed E-state index contributed by atoms with van der Waals surface area (Å²) in [5.41, 5.74) is 0. The average Bonchev–Trinajstić information content (AvgIpc) is 2.70. The highest BCUT2D eigenvalue weighted by Gasteiger charge is 2.44. The lowest BCUT2D eigenvalue weighted by molar-refractivity contribution is -0.00000515. The molecular weight excluding hydrogens is 400 g/mol. The molecule has 1 nitrogen and oxygen atoms in total. The van der Waals surface area contributed by atoms with Crippen LogP contribution in [0.4, 0.5) is 0 Å². The molecule has 26 heavy (non-hydrogen) atoms. The van der Waals surface area contributed by atoms with E-state index in [2.05, 4.69) is 97.1 Å². The summed E-state index contributed by atoms with van der Waals surface area (Å²) >= 11 is 0. The first-order chi connectivity index (χ1) is 12.4. The number of hydrogen-bond donors (Lipinski definition) is 0. The standard InChI is InChI=1S/C23H23NP.BrH/c24-19-11-4-12-20-25(21-13-5-1-6-14-21,22-15-7-2-8-16-22)23-17-9-3-10-18-23;/h1-3,5-10,13-18H,4,11-12,20H2;1H/q+1;/p-1/i19-1;. The van der Waals surface area contributed by atoms with Crippen LogP contribution in [-0.2, 0) is 0 Å². The van der Waals surface area contributed by atoms with Gasteiger partial charge < -0.3 is 17.0 Å². The number of unbranched alkanes of at least 4 members (excludes halogenated alkanes) is 2. The normalized spacial score (nSPS) is 10.6. The van der Waals surface area contributed by atoms with Gasteiger partial charge in [0.1, 0.15) is 23.2 Å². The van der Waals surface area contributed by atoms with E-state index in [1.807, 2.05) is 0 Å². The van der Waals surface area contributed by atoms with Crippen LogP contribution in [0.25, 0.3) is 0 Å². The molecule has 0 saturated carbocycles. The average molecular weight is 423 g/mol. The van der Waals surface area contributed by atoms with Gasteiger partial charge in [-0.1, -0.05) is 54.6 Å². The van der Waals surface area contributed by atoms with Crippen LogP contribution in [0.2, 0.25) is 0 Å². The van der Waals surface area contributed by atoms with Crippen molar-refractivity contribution in [1.29, 1.82) is 5.26 Å². The Kier molecular flexibility index (Phi) is 8.05. The molecule has 0 bridgehead atoms. The van der Waals surface area contributed by atoms with E-state index in [-0.39, 0.29) is 17.0 Å². The fourth-order valence-electron chi connectivity index (χ4n) is 3.43. The Morgan fingerprint density at radius 3 is 1.35 bits per heavy atom. The zero-order chi connectivity index (χ0) is 17.4. The first kappa shape index (κ1) is 20.4. The zero-order valence-electron chi connectivity index (χ0n) is 14.8. The SMILES string of the molecule is N#[11C]CCCC[P+](c1ccccc1)(c1ccccc1)c1ccccc1.[Br-]. The molecule has 0 aromatic heterocycles. The molecule has 0 radical (unpaired) electrons. The molecule has 0 spiro atoms. The van der Waals surface area contributed by atoms with Crippen LogP contribution < -0.4 is 32.9 Å². The maximum Gasteiger partial charge on any atom is 0.112 e. The molecule has 3 rings (SSSR count). The zero-order valence-corrected chi connectivity index (χ0v) is 17.2. The van der Waals surface area contributed by atoms with Crippen LogP contribution in [0.5, 0.6) is 0 Å². The summed E-state index contributed by atoms with van der Waals surface area (Å²) in [6.07, 6.45) is 3.77. The molecule has 0 N–H and O–H groups in total. The van der Waals surface area contributed by atoms with Crippen molar-refractivity contribution in [3.05, 3.63) is 91.0 Å². The predicted octanol–water partition coefficient (Wildman–Crippen LogP) is 1.68. The molecule has 3 aromatic carbocycles. The van der Waals surface area contributed by atoms with Gasteiger partial charge >= 0.3 is 0 Å². The van der Waals surface area contributed by atoms with Crippen LogP contribution in [0.3, 0.4) is 0 Å². The van der Waals surface area contributed by atoms with Crippen LogP contribution in [-0.4, -0.2) is 6.16 Å². The Balaban J connectivity index is 0.00000243. The molecule has 0 aliphatic carbocycles. The molecule has 0 fully saturated rings. The smallest absolute Gasteiger partial charge is 0.112 e. The van der Waals surface area contributed by atoms with Crippen molar-refractivity contribution < 1.29 is 17.0 Å². The molecule has 0 aliphatic rings. The highest BCUT2D eigenvalue weighted by atomic mass is 79.9. The molecule has 3 heteroatoms. The van der Waals surface area contributed by atoms with Crippen molar-refractivity contribution in [3.8, 4) is 6.07 Å². The van der Waals surface area contributed by atoms with Crippen molar-refractivity contribution in [2.45, 2.75) is 19.3 Å². The molecule has 0 saturated heterocycles. The Morgan fingerprint density at radius 2 is 1.00 bits per heavy atom. The second kappa shape index (κ2) is 10.3. The highest BCUT2D eigenvalue weighted by Crippen LogP contribution is 2.55. The Morgan fingerprint density at radius 1 is 0.615 bits per heavy atom. The highest BCUT2D eigenvalue weighted by molar-refractivity contribution is 7.95. The number of nitriles is 1. The van der Waals surface area contributed by atoms with Crippen molar-refractivity contribution >= 4 is 23.2 Å². The van der Waals surface area contributed by atoms with Crippen LogP contribution >= 0.6 is 7.26 Å². The number of benzene rings is 3. The van der Waals surface area contributed by atoms with E-state index in [1.165, 1.54) is 15.9 Å². The van der Waals surface area contributed by atoms with E-state index < -0.39 is 7.26 Å². The number of rotatable bonds is 7. The molecular formula is C23H23BrNP. The third-order valence-corrected chi connectivity index (χ3v) is 9.15. The molecule has 0 unspecified atom stereocenters. The minimum Gasteiger partial charge on any atom is -1.00 e. The fourth-order valence-corrected chi connectivity index (χ4v) is 7.85. The Labute approximate surface area is 167 Å². The van der Waals surface area contributed by atoms with E-state index >= 15 is 0 Å². The van der Waals surface area contributed by atoms with Crippen molar-refractivity contribution in [2.24, 2.45) is 0 Å². The van der Waals surface area contributed by atoms with E-state index in [0.717, 1.165) is 19.0 Å². The van der Waals surface area contributed by atoms with Gasteiger partial charge in [0.2, 0.25) is 0 Å². The second-order valence-electron chi connectivity index (χ2n) is 6.16. The molecule has 3 aromatic rings. The summed E-state index contributed by atoms with van der Waals surface area (Å²) in [7, 11) is -1.70. The minimum absolute atomic E-state index is 0. The van der Waals surface area contributed by atoms with Gasteiger partial charge in [0.15, 0.2) is 0 Å². The Hall–Kier alpha value is -1.94. The summed E-state index contributed by atoms with van der Waals surface area (Å²) in [4.78, 5) is 0. The monoisotopic (exact) mass is 422 g/mol. The lowest BCUT2D eigenvalue weighted by Crippen LogP contribution is -3.00. The summed E-state index contributed by atoms with van der Waals surface area (Å²) in [6.45, 7) is 0. The van der Waals surface area contributed by atoms with Crippen molar-refractivity contribution in [3.63, 3.8) is 0 Å². The summed E-state index contributed by atoms with van der Waals surface area (Å²) in [6, 6.07) is 35.1. The van der Waals surface area contributed by atoms with Crippen LogP contribution in [0.15, 0.2) is 91.0 Å². The summed E-state index contributed by atoms with van der Waals surface area (Å²) in [5, 5.41) is 13.2. The Bertz CT molecular complexity index is 716. The van der Waals surface area contributed by atoms with Gasteiger partial charge in [-0.3, -0.25) is 0 Å². The lowest BCUT2D eigenvalue weighted by Gasteiger charge is -2.27. The lowest BCUT2D eigenvalue weighted by atomic mass is 10.1. The van der Waals surface area contributed by atoms with E-state index in [1.54, 1.807) is 0 Å². The minimum atomic E-state index is -1.70. The summed E-state index contributed by atoms with van der Waals surface area (Å²) in [5.74, 6) is 0. The van der Waals surface area contributed by atoms with Crippen LogP contribution in [0, 0.1) is 11.3 Å². The van der Waals surface area contributed by atoms with Gasteiger partial charge in [0.25, 0.3) is 0 Å². The van der Waals surface area contributed by atoms with E-state index in [0.29, 0.717) is 6.42 Å². The maximum absolute atomic E-state index is 8.91. The largest absolute Gasteiger partial charge is 1.00 e. The third kappa shape index (κ3) is 4.42. The van der Waals surface area contributed by atoms with Gasteiger partial charge in [0.05, 0.1) is 12.2 Å². The summed E-state index contributed by atoms with van der Waals surface area (Å²) < 4.78 is 0. The quantitative estimate of drug-likeness (QED) is 0.419. The molecule has 0 aliphatic heterocycles. The number of nitrogens with zero attached hydrogens (tertiary/aromatic N) is 1. The van der Waals surface area contributed by atoms with Gasteiger partial charge in [-0.15, -0.1) is 0 Å². The first-order valence-corrected chi connectivity index (χ1v) is 10.8. The predicted molar refractivity (Wildman–Crippen MR) is 109 cm³/mol. The first-order valence-electron chi connectivity index (χ1n) is 8.80. The van der Waals surface area contributed by atoms with Gasteiger partial charge in [0, 0.05) is 6.42 Å². The fraction of sp³-hybridized carbons (Fsp3) is 0.174. The van der Waals surface area contributed by atoms with Crippen molar-refractivity contribution in [1.82, 2.24) is 0 Å². The number of halogens is 1. The molecule has 0 heterocycles. The second-order valence-corrected chi connectivity index (χ2v) is 9.77. The molecule has 132 valence electrons. The molecule has 0 atom stereocenters. The van der Waals surface area contributed by atoms with Gasteiger partial charge in [-0.25, -0.2) is 0 Å². The topological polar surface area (TPSA) is 23.8 Å². The van der Waals surface area contributed by atoms with Gasteiger partial charge in [-0.2, -0.15) is 5.26 Å². The number of hydrogen-bond acceptors (Lipinski definition) is 1. The van der Waals surface area contributed by atoms with Gasteiger partial charge in [-0.05, 0) is 49.2 Å². The van der Waals surface area contributed by atoms with Crippen LogP contribution in [0.1, 0.15) is 19.3 Å². The van der Waals surface area contributed by atoms with Crippen molar-refractivity contribution in [2.75, 3.05) is 6.16 Å².